The van der Waals surface area contributed by atoms with Gasteiger partial charge in [-0.2, -0.15) is 4.31 Å². The number of methoxy groups -OCH3 is 2. The maximum absolute atomic E-state index is 13.2. The zero-order valence-electron chi connectivity index (χ0n) is 14.8. The fraction of sp³-hybridized carbons (Fsp3) is 0.667. The van der Waals surface area contributed by atoms with Crippen LogP contribution in [0.4, 0.5) is 0 Å². The molecule has 1 aliphatic heterocycles. The van der Waals surface area contributed by atoms with Gasteiger partial charge in [-0.25, -0.2) is 13.2 Å². The molecule has 0 aromatic carbocycles. The molecule has 1 fully saturated rings. The molecular weight excluding hydrogens is 372 g/mol. The first-order valence-corrected chi connectivity index (χ1v) is 9.14. The van der Waals surface area contributed by atoms with Gasteiger partial charge in [0.25, 0.3) is 0 Å². The number of furan rings is 1. The summed E-state index contributed by atoms with van der Waals surface area (Å²) in [5.74, 6) is -0.356. The standard InChI is InChI=1S/C15H24N2O6S.ClH/c1-9-13(15(18)22-4)14(10(2)23-9)24(19,20)17-6-5-12(21-3)7-11(17)8-16;/h11-12H,5-8,16H2,1-4H3;1H. The Labute approximate surface area is 154 Å². The van der Waals surface area contributed by atoms with Crippen molar-refractivity contribution in [2.45, 2.75) is 43.7 Å². The number of rotatable bonds is 5. The van der Waals surface area contributed by atoms with E-state index in [0.717, 1.165) is 0 Å². The number of carbonyl (C=O) groups is 1. The molecule has 1 aromatic rings. The van der Waals surface area contributed by atoms with E-state index < -0.39 is 22.0 Å². The molecule has 2 rings (SSSR count). The van der Waals surface area contributed by atoms with Gasteiger partial charge in [-0.05, 0) is 26.7 Å². The highest BCUT2D eigenvalue weighted by Crippen LogP contribution is 2.33. The lowest BCUT2D eigenvalue weighted by molar-refractivity contribution is 0.0400. The summed E-state index contributed by atoms with van der Waals surface area (Å²) < 4.78 is 43.2. The number of nitrogens with two attached hydrogens (primary N) is 1. The van der Waals surface area contributed by atoms with E-state index in [2.05, 4.69) is 0 Å². The molecule has 1 saturated heterocycles. The Morgan fingerprint density at radius 1 is 1.32 bits per heavy atom. The monoisotopic (exact) mass is 396 g/mol. The third kappa shape index (κ3) is 4.01. The smallest absolute Gasteiger partial charge is 0.342 e. The van der Waals surface area contributed by atoms with Gasteiger partial charge in [0.15, 0.2) is 0 Å². The molecule has 2 atom stereocenters. The SMILES string of the molecule is COC(=O)c1c(C)oc(C)c1S(=O)(=O)N1CCC(OC)CC1CN.Cl. The number of piperidine rings is 1. The summed E-state index contributed by atoms with van der Waals surface area (Å²) in [5.41, 5.74) is 5.72. The summed E-state index contributed by atoms with van der Waals surface area (Å²) in [5, 5.41) is 0. The molecular formula is C15H25ClN2O6S. The zero-order valence-corrected chi connectivity index (χ0v) is 16.4. The molecule has 2 unspecified atom stereocenters. The molecule has 144 valence electrons. The fourth-order valence-electron chi connectivity index (χ4n) is 3.17. The molecule has 0 radical (unpaired) electrons. The molecule has 0 spiro atoms. The van der Waals surface area contributed by atoms with E-state index in [-0.39, 0.29) is 53.6 Å². The number of sulfonamides is 1. The highest BCUT2D eigenvalue weighted by Gasteiger charge is 2.41. The molecule has 0 amide bonds. The topological polar surface area (TPSA) is 112 Å². The first-order valence-electron chi connectivity index (χ1n) is 7.70. The second-order valence-electron chi connectivity index (χ2n) is 5.80. The van der Waals surface area contributed by atoms with Crippen LogP contribution in [0.5, 0.6) is 0 Å². The van der Waals surface area contributed by atoms with Crippen LogP contribution in [0.15, 0.2) is 9.31 Å². The summed E-state index contributed by atoms with van der Waals surface area (Å²) in [6.45, 7) is 3.50. The minimum atomic E-state index is -3.95. The summed E-state index contributed by atoms with van der Waals surface area (Å²) in [6.07, 6.45) is 1.04. The van der Waals surface area contributed by atoms with E-state index >= 15 is 0 Å². The Morgan fingerprint density at radius 3 is 2.48 bits per heavy atom. The molecule has 1 aromatic heterocycles. The lowest BCUT2D eigenvalue weighted by atomic mass is 10.0. The number of aryl methyl sites for hydroxylation is 2. The Balaban J connectivity index is 0.00000312. The number of ether oxygens (including phenoxy) is 2. The zero-order chi connectivity index (χ0) is 18.1. The van der Waals surface area contributed by atoms with Gasteiger partial charge in [-0.1, -0.05) is 0 Å². The van der Waals surface area contributed by atoms with Gasteiger partial charge in [0.2, 0.25) is 10.0 Å². The lowest BCUT2D eigenvalue weighted by Gasteiger charge is -2.37. The fourth-order valence-corrected chi connectivity index (χ4v) is 5.20. The normalized spacial score (nSPS) is 21.6. The van der Waals surface area contributed by atoms with Crippen LogP contribution in [0.1, 0.15) is 34.7 Å². The Bertz CT molecular complexity index is 718. The summed E-state index contributed by atoms with van der Waals surface area (Å²) in [7, 11) is -1.15. The molecule has 0 saturated carbocycles. The average molecular weight is 397 g/mol. The third-order valence-electron chi connectivity index (χ3n) is 4.38. The summed E-state index contributed by atoms with van der Waals surface area (Å²) >= 11 is 0. The number of hydrogen-bond acceptors (Lipinski definition) is 7. The quantitative estimate of drug-likeness (QED) is 0.745. The number of carbonyl (C=O) groups excluding carboxylic acids is 1. The van der Waals surface area contributed by atoms with Gasteiger partial charge >= 0.3 is 5.97 Å². The molecule has 2 N–H and O–H groups in total. The van der Waals surface area contributed by atoms with Gasteiger partial charge < -0.3 is 19.6 Å². The number of nitrogens with zero attached hydrogens (tertiary/aromatic N) is 1. The van der Waals surface area contributed by atoms with Crippen LogP contribution in [0.2, 0.25) is 0 Å². The van der Waals surface area contributed by atoms with Crippen molar-refractivity contribution < 1.29 is 27.1 Å². The largest absolute Gasteiger partial charge is 0.465 e. The van der Waals surface area contributed by atoms with Crippen LogP contribution in [0, 0.1) is 13.8 Å². The maximum atomic E-state index is 13.2. The molecule has 0 aliphatic carbocycles. The second-order valence-corrected chi connectivity index (χ2v) is 7.62. The van der Waals surface area contributed by atoms with E-state index in [1.54, 1.807) is 7.11 Å². The Kier molecular flexibility index (Phi) is 7.45. The van der Waals surface area contributed by atoms with Gasteiger partial charge in [0, 0.05) is 26.2 Å². The minimum absolute atomic E-state index is 0. The van der Waals surface area contributed by atoms with Crippen LogP contribution in [0.3, 0.4) is 0 Å². The van der Waals surface area contributed by atoms with E-state index in [1.165, 1.54) is 25.3 Å². The molecule has 25 heavy (non-hydrogen) atoms. The van der Waals surface area contributed by atoms with E-state index in [9.17, 15) is 13.2 Å². The molecule has 10 heteroatoms. The highest BCUT2D eigenvalue weighted by molar-refractivity contribution is 7.89. The molecule has 1 aliphatic rings. The van der Waals surface area contributed by atoms with Gasteiger partial charge in [-0.3, -0.25) is 0 Å². The van der Waals surface area contributed by atoms with Crippen molar-refractivity contribution in [3.05, 3.63) is 17.1 Å². The number of halogens is 1. The van der Waals surface area contributed by atoms with Crippen LogP contribution in [0.25, 0.3) is 0 Å². The van der Waals surface area contributed by atoms with Crippen molar-refractivity contribution in [2.24, 2.45) is 5.73 Å². The van der Waals surface area contributed by atoms with Crippen LogP contribution in [-0.2, 0) is 19.5 Å². The summed E-state index contributed by atoms with van der Waals surface area (Å²) in [4.78, 5) is 11.9. The average Bonchev–Trinajstić information content (AvgIpc) is 2.88. The van der Waals surface area contributed by atoms with Crippen molar-refractivity contribution in [1.82, 2.24) is 4.31 Å². The van der Waals surface area contributed by atoms with Gasteiger partial charge in [0.1, 0.15) is 22.0 Å². The van der Waals surface area contributed by atoms with Crippen molar-refractivity contribution in [3.63, 3.8) is 0 Å². The van der Waals surface area contributed by atoms with Crippen molar-refractivity contribution in [3.8, 4) is 0 Å². The number of hydrogen-bond donors (Lipinski definition) is 1. The van der Waals surface area contributed by atoms with E-state index in [4.69, 9.17) is 19.6 Å². The maximum Gasteiger partial charge on any atom is 0.342 e. The summed E-state index contributed by atoms with van der Waals surface area (Å²) in [6, 6.07) is -0.395. The first kappa shape index (κ1) is 21.9. The van der Waals surface area contributed by atoms with E-state index in [0.29, 0.717) is 12.8 Å². The third-order valence-corrected chi connectivity index (χ3v) is 6.49. The number of esters is 1. The van der Waals surface area contributed by atoms with Crippen LogP contribution >= 0.6 is 12.4 Å². The Morgan fingerprint density at radius 2 is 1.96 bits per heavy atom. The predicted octanol–water partition coefficient (Wildman–Crippen LogP) is 1.23. The minimum Gasteiger partial charge on any atom is -0.465 e. The molecule has 2 heterocycles. The molecule has 8 nitrogen and oxygen atoms in total. The van der Waals surface area contributed by atoms with Crippen LogP contribution in [-0.4, -0.2) is 58.1 Å². The second kappa shape index (κ2) is 8.50. The van der Waals surface area contributed by atoms with Crippen molar-refractivity contribution in [2.75, 3.05) is 27.3 Å². The van der Waals surface area contributed by atoms with Gasteiger partial charge in [-0.15, -0.1) is 12.4 Å². The highest BCUT2D eigenvalue weighted by atomic mass is 35.5. The Hall–Kier alpha value is -1.13. The lowest BCUT2D eigenvalue weighted by Crippen LogP contribution is -2.51. The predicted molar refractivity (Wildman–Crippen MR) is 93.5 cm³/mol. The van der Waals surface area contributed by atoms with Crippen LogP contribution < -0.4 is 5.73 Å². The van der Waals surface area contributed by atoms with Crippen molar-refractivity contribution in [1.29, 1.82) is 0 Å². The van der Waals surface area contributed by atoms with Crippen molar-refractivity contribution >= 4 is 28.4 Å². The molecule has 0 bridgehead atoms. The first-order chi connectivity index (χ1) is 11.3. The van der Waals surface area contributed by atoms with Gasteiger partial charge in [0.05, 0.1) is 13.2 Å². The van der Waals surface area contributed by atoms with E-state index in [1.807, 2.05) is 0 Å².